The van der Waals surface area contributed by atoms with E-state index in [1.807, 2.05) is 0 Å². The Balaban J connectivity index is 1.82. The maximum atomic E-state index is 12.8. The molecule has 0 unspecified atom stereocenters. The molecule has 11 heteroatoms. The SMILES string of the molecule is CC(C)c1c(C(=O)NNC(=O)c2ccccc2O)cnn1-c1ccc(C(F)(F)F)cn1. The zero-order valence-corrected chi connectivity index (χ0v) is 16.4. The number of hydrazine groups is 1. The van der Waals surface area contributed by atoms with Gasteiger partial charge in [0.05, 0.1) is 28.6 Å². The highest BCUT2D eigenvalue weighted by Gasteiger charge is 2.31. The number of halogens is 3. The quantitative estimate of drug-likeness (QED) is 0.548. The minimum Gasteiger partial charge on any atom is -0.507 e. The molecule has 3 rings (SSSR count). The Morgan fingerprint density at radius 3 is 2.19 bits per heavy atom. The van der Waals surface area contributed by atoms with Crippen LogP contribution in [0.1, 0.15) is 51.7 Å². The van der Waals surface area contributed by atoms with E-state index in [4.69, 9.17) is 0 Å². The lowest BCUT2D eigenvalue weighted by Crippen LogP contribution is -2.42. The van der Waals surface area contributed by atoms with Crippen molar-refractivity contribution in [2.24, 2.45) is 0 Å². The van der Waals surface area contributed by atoms with Crippen LogP contribution in [0.3, 0.4) is 0 Å². The maximum absolute atomic E-state index is 12.8. The third-order valence-corrected chi connectivity index (χ3v) is 4.33. The molecule has 162 valence electrons. The number of hydrogen-bond donors (Lipinski definition) is 3. The average Bonchev–Trinajstić information content (AvgIpc) is 3.17. The third-order valence-electron chi connectivity index (χ3n) is 4.33. The molecule has 0 spiro atoms. The van der Waals surface area contributed by atoms with E-state index in [-0.39, 0.29) is 28.6 Å². The van der Waals surface area contributed by atoms with Gasteiger partial charge >= 0.3 is 6.18 Å². The van der Waals surface area contributed by atoms with Crippen molar-refractivity contribution >= 4 is 11.8 Å². The van der Waals surface area contributed by atoms with Gasteiger partial charge in [-0.15, -0.1) is 0 Å². The Labute approximate surface area is 174 Å². The number of para-hydroxylation sites is 1. The first-order chi connectivity index (χ1) is 14.6. The first-order valence-corrected chi connectivity index (χ1v) is 9.09. The molecule has 0 saturated carbocycles. The number of nitrogens with one attached hydrogen (secondary N) is 2. The molecule has 0 bridgehead atoms. The highest BCUT2D eigenvalue weighted by atomic mass is 19.4. The van der Waals surface area contributed by atoms with Gasteiger partial charge in [0.1, 0.15) is 5.75 Å². The number of amides is 2. The van der Waals surface area contributed by atoms with E-state index >= 15 is 0 Å². The lowest BCUT2D eigenvalue weighted by Gasteiger charge is -2.13. The Morgan fingerprint density at radius 1 is 1.00 bits per heavy atom. The molecule has 31 heavy (non-hydrogen) atoms. The molecule has 3 aromatic rings. The Hall–Kier alpha value is -3.89. The monoisotopic (exact) mass is 433 g/mol. The van der Waals surface area contributed by atoms with E-state index in [1.54, 1.807) is 26.0 Å². The third kappa shape index (κ3) is 4.65. The van der Waals surface area contributed by atoms with Crippen molar-refractivity contribution in [2.45, 2.75) is 25.9 Å². The van der Waals surface area contributed by atoms with Crippen LogP contribution in [-0.4, -0.2) is 31.7 Å². The Morgan fingerprint density at radius 2 is 1.65 bits per heavy atom. The van der Waals surface area contributed by atoms with Gasteiger partial charge < -0.3 is 5.11 Å². The van der Waals surface area contributed by atoms with Gasteiger partial charge in [-0.05, 0) is 30.2 Å². The summed E-state index contributed by atoms with van der Waals surface area (Å²) >= 11 is 0. The average molecular weight is 433 g/mol. The number of benzene rings is 1. The molecule has 0 aliphatic heterocycles. The van der Waals surface area contributed by atoms with Crippen LogP contribution in [0.25, 0.3) is 5.82 Å². The fraction of sp³-hybridized carbons (Fsp3) is 0.200. The lowest BCUT2D eigenvalue weighted by molar-refractivity contribution is -0.137. The highest BCUT2D eigenvalue weighted by molar-refractivity contribution is 6.00. The Bertz CT molecular complexity index is 1110. The number of aromatic hydroxyl groups is 1. The van der Waals surface area contributed by atoms with Crippen LogP contribution in [0, 0.1) is 0 Å². The second kappa shape index (κ2) is 8.46. The standard InChI is InChI=1S/C20H18F3N5O3/c1-11(2)17-14(19(31)27-26-18(30)13-5-3-4-6-15(13)29)10-25-28(17)16-8-7-12(9-24-16)20(21,22)23/h3-11,29H,1-2H3,(H,26,30)(H,27,31). The van der Waals surface area contributed by atoms with Crippen LogP contribution in [0.15, 0.2) is 48.8 Å². The number of pyridine rings is 1. The number of phenols is 1. The van der Waals surface area contributed by atoms with Crippen molar-refractivity contribution < 1.29 is 27.9 Å². The van der Waals surface area contributed by atoms with Gasteiger partial charge in [-0.25, -0.2) is 9.67 Å². The van der Waals surface area contributed by atoms with Crippen molar-refractivity contribution in [3.8, 4) is 11.6 Å². The molecule has 0 aliphatic rings. The first kappa shape index (κ1) is 21.8. The molecular weight excluding hydrogens is 415 g/mol. The number of phenolic OH excluding ortho intramolecular Hbond substituents is 1. The molecule has 0 atom stereocenters. The molecule has 0 aliphatic carbocycles. The van der Waals surface area contributed by atoms with Gasteiger partial charge in [0.2, 0.25) is 0 Å². The molecule has 8 nitrogen and oxygen atoms in total. The smallest absolute Gasteiger partial charge is 0.417 e. The number of rotatable bonds is 4. The summed E-state index contributed by atoms with van der Waals surface area (Å²) in [7, 11) is 0. The van der Waals surface area contributed by atoms with Gasteiger partial charge in [-0.3, -0.25) is 20.4 Å². The summed E-state index contributed by atoms with van der Waals surface area (Å²) in [5.74, 6) is -1.81. The number of hydrogen-bond acceptors (Lipinski definition) is 5. The van der Waals surface area contributed by atoms with E-state index in [0.717, 1.165) is 12.1 Å². The van der Waals surface area contributed by atoms with Crippen molar-refractivity contribution in [1.29, 1.82) is 0 Å². The summed E-state index contributed by atoms with van der Waals surface area (Å²) in [5.41, 5.74) is 4.00. The van der Waals surface area contributed by atoms with E-state index in [2.05, 4.69) is 20.9 Å². The van der Waals surface area contributed by atoms with Gasteiger partial charge in [0.25, 0.3) is 11.8 Å². The fourth-order valence-electron chi connectivity index (χ4n) is 2.86. The topological polar surface area (TPSA) is 109 Å². The lowest BCUT2D eigenvalue weighted by atomic mass is 10.1. The molecule has 0 saturated heterocycles. The van der Waals surface area contributed by atoms with Crippen molar-refractivity contribution in [1.82, 2.24) is 25.6 Å². The Kier molecular flexibility index (Phi) is 5.95. The maximum Gasteiger partial charge on any atom is 0.417 e. The molecule has 1 aromatic carbocycles. The van der Waals surface area contributed by atoms with Gasteiger partial charge in [-0.2, -0.15) is 18.3 Å². The van der Waals surface area contributed by atoms with E-state index in [9.17, 15) is 27.9 Å². The molecular formula is C20H18F3N5O3. The van der Waals surface area contributed by atoms with Crippen LogP contribution >= 0.6 is 0 Å². The second-order valence-electron chi connectivity index (χ2n) is 6.84. The molecule has 2 aromatic heterocycles. The number of nitrogens with zero attached hydrogens (tertiary/aromatic N) is 3. The molecule has 2 heterocycles. The van der Waals surface area contributed by atoms with E-state index in [1.165, 1.54) is 23.0 Å². The number of alkyl halides is 3. The van der Waals surface area contributed by atoms with Crippen LogP contribution < -0.4 is 10.9 Å². The molecule has 0 fully saturated rings. The van der Waals surface area contributed by atoms with Crippen LogP contribution in [0.4, 0.5) is 13.2 Å². The van der Waals surface area contributed by atoms with Gasteiger partial charge in [0, 0.05) is 6.20 Å². The summed E-state index contributed by atoms with van der Waals surface area (Å²) in [6.45, 7) is 3.55. The highest BCUT2D eigenvalue weighted by Crippen LogP contribution is 2.29. The summed E-state index contributed by atoms with van der Waals surface area (Å²) in [6, 6.07) is 7.83. The number of aromatic nitrogens is 3. The summed E-state index contributed by atoms with van der Waals surface area (Å²) < 4.78 is 39.6. The van der Waals surface area contributed by atoms with Gasteiger partial charge in [-0.1, -0.05) is 26.0 Å². The summed E-state index contributed by atoms with van der Waals surface area (Å²) in [6.07, 6.45) is -2.60. The minimum atomic E-state index is -4.52. The number of carbonyl (C=O) groups excluding carboxylic acids is 2. The number of carbonyl (C=O) groups is 2. The minimum absolute atomic E-state index is 0.0310. The zero-order valence-electron chi connectivity index (χ0n) is 16.4. The van der Waals surface area contributed by atoms with E-state index in [0.29, 0.717) is 11.9 Å². The summed E-state index contributed by atoms with van der Waals surface area (Å²) in [5, 5.41) is 13.8. The normalized spacial score (nSPS) is 11.4. The fourth-order valence-corrected chi connectivity index (χ4v) is 2.86. The molecule has 3 N–H and O–H groups in total. The summed E-state index contributed by atoms with van der Waals surface area (Å²) in [4.78, 5) is 28.6. The van der Waals surface area contributed by atoms with Crippen molar-refractivity contribution in [2.75, 3.05) is 0 Å². The molecule has 2 amide bonds. The van der Waals surface area contributed by atoms with Crippen molar-refractivity contribution in [3.05, 3.63) is 71.2 Å². The second-order valence-corrected chi connectivity index (χ2v) is 6.84. The van der Waals surface area contributed by atoms with E-state index < -0.39 is 23.6 Å². The zero-order chi connectivity index (χ0) is 22.8. The predicted octanol–water partition coefficient (Wildman–Crippen LogP) is 3.19. The van der Waals surface area contributed by atoms with Crippen molar-refractivity contribution in [3.63, 3.8) is 0 Å². The van der Waals surface area contributed by atoms with Gasteiger partial charge in [0.15, 0.2) is 5.82 Å². The van der Waals surface area contributed by atoms with Crippen LogP contribution in [0.2, 0.25) is 0 Å². The van der Waals surface area contributed by atoms with Crippen LogP contribution in [-0.2, 0) is 6.18 Å². The largest absolute Gasteiger partial charge is 0.507 e. The van der Waals surface area contributed by atoms with Crippen LogP contribution in [0.5, 0.6) is 5.75 Å². The molecule has 0 radical (unpaired) electrons. The first-order valence-electron chi connectivity index (χ1n) is 9.09. The predicted molar refractivity (Wildman–Crippen MR) is 103 cm³/mol.